The quantitative estimate of drug-likeness (QED) is 0.608. The summed E-state index contributed by atoms with van der Waals surface area (Å²) in [4.78, 5) is 16.5. The second-order valence-corrected chi connectivity index (χ2v) is 7.30. The first-order valence-electron chi connectivity index (χ1n) is 9.64. The van der Waals surface area contributed by atoms with E-state index in [1.165, 1.54) is 5.57 Å². The molecule has 1 N–H and O–H groups in total. The van der Waals surface area contributed by atoms with Crippen molar-refractivity contribution in [2.45, 2.75) is 46.6 Å². The lowest BCUT2D eigenvalue weighted by molar-refractivity contribution is -0.117. The van der Waals surface area contributed by atoms with Gasteiger partial charge in [0.05, 0.1) is 0 Å². The maximum Gasteiger partial charge on any atom is 0.224 e. The molecule has 0 radical (unpaired) electrons. The SMILES string of the molecule is C/C=C\C(=C/C)CNC(=S)N1CCC(N(C(C)=O)c2ccccc2C)CC1. The number of aryl methyl sites for hydroxylation is 1. The largest absolute Gasteiger partial charge is 0.359 e. The van der Waals surface area contributed by atoms with Gasteiger partial charge < -0.3 is 15.1 Å². The van der Waals surface area contributed by atoms with Crippen LogP contribution >= 0.6 is 12.2 Å². The molecule has 1 saturated heterocycles. The summed E-state index contributed by atoms with van der Waals surface area (Å²) in [5, 5.41) is 4.15. The molecule has 27 heavy (non-hydrogen) atoms. The molecule has 1 aromatic carbocycles. The topological polar surface area (TPSA) is 35.6 Å². The Hall–Kier alpha value is -2.14. The molecule has 1 amide bonds. The summed E-state index contributed by atoms with van der Waals surface area (Å²) in [6.45, 7) is 10.2. The molecule has 0 aliphatic carbocycles. The van der Waals surface area contributed by atoms with Gasteiger partial charge in [0.25, 0.3) is 0 Å². The van der Waals surface area contributed by atoms with Gasteiger partial charge in [-0.1, -0.05) is 36.4 Å². The minimum Gasteiger partial charge on any atom is -0.359 e. The van der Waals surface area contributed by atoms with Crippen molar-refractivity contribution < 1.29 is 4.79 Å². The van der Waals surface area contributed by atoms with Gasteiger partial charge in [-0.25, -0.2) is 0 Å². The number of para-hydroxylation sites is 1. The fraction of sp³-hybridized carbons (Fsp3) is 0.455. The van der Waals surface area contributed by atoms with Gasteiger partial charge in [-0.05, 0) is 63.0 Å². The van der Waals surface area contributed by atoms with E-state index in [0.29, 0.717) is 0 Å². The first-order chi connectivity index (χ1) is 13.0. The van der Waals surface area contributed by atoms with Crippen LogP contribution in [0.2, 0.25) is 0 Å². The number of anilines is 1. The molecule has 0 unspecified atom stereocenters. The molecule has 0 bridgehead atoms. The van der Waals surface area contributed by atoms with Crippen molar-refractivity contribution in [3.8, 4) is 0 Å². The Morgan fingerprint density at radius 2 is 1.96 bits per heavy atom. The van der Waals surface area contributed by atoms with E-state index in [-0.39, 0.29) is 11.9 Å². The Bertz CT molecular complexity index is 718. The van der Waals surface area contributed by atoms with Crippen molar-refractivity contribution in [3.63, 3.8) is 0 Å². The molecule has 5 heteroatoms. The second-order valence-electron chi connectivity index (χ2n) is 6.92. The summed E-state index contributed by atoms with van der Waals surface area (Å²) in [6.07, 6.45) is 8.05. The molecule has 1 aliphatic heterocycles. The van der Waals surface area contributed by atoms with Crippen LogP contribution in [0, 0.1) is 6.92 Å². The zero-order valence-electron chi connectivity index (χ0n) is 16.9. The number of benzene rings is 1. The van der Waals surface area contributed by atoms with E-state index in [0.717, 1.165) is 48.8 Å². The molecule has 1 fully saturated rings. The molecule has 0 spiro atoms. The number of nitrogens with one attached hydrogen (secondary N) is 1. The highest BCUT2D eigenvalue weighted by atomic mass is 32.1. The molecule has 0 saturated carbocycles. The van der Waals surface area contributed by atoms with Gasteiger partial charge in [0.2, 0.25) is 5.91 Å². The standard InChI is InChI=1S/C22H31N3OS/c1-5-9-19(6-2)16-23-22(27)24-14-12-20(13-15-24)25(18(4)26)21-11-8-7-10-17(21)3/h5-11,20H,12-16H2,1-4H3,(H,23,27)/b9-5-,19-6+. The lowest BCUT2D eigenvalue weighted by Crippen LogP contribution is -2.51. The van der Waals surface area contributed by atoms with E-state index < -0.39 is 0 Å². The number of piperidine rings is 1. The number of likely N-dealkylation sites (tertiary alicyclic amines) is 1. The van der Waals surface area contributed by atoms with Crippen LogP contribution in [0.4, 0.5) is 5.69 Å². The van der Waals surface area contributed by atoms with Gasteiger partial charge in [-0.3, -0.25) is 4.79 Å². The third kappa shape index (κ3) is 5.67. The Balaban J connectivity index is 1.96. The lowest BCUT2D eigenvalue weighted by Gasteiger charge is -2.39. The summed E-state index contributed by atoms with van der Waals surface area (Å²) in [5.41, 5.74) is 3.38. The minimum absolute atomic E-state index is 0.104. The van der Waals surface area contributed by atoms with Gasteiger partial charge in [-0.15, -0.1) is 0 Å². The minimum atomic E-state index is 0.104. The third-order valence-corrected chi connectivity index (χ3v) is 5.43. The van der Waals surface area contributed by atoms with Gasteiger partial charge in [0.1, 0.15) is 0 Å². The number of carbonyl (C=O) groups excluding carboxylic acids is 1. The highest BCUT2D eigenvalue weighted by molar-refractivity contribution is 7.80. The van der Waals surface area contributed by atoms with Crippen molar-refractivity contribution in [3.05, 3.63) is 53.6 Å². The predicted octanol–water partition coefficient (Wildman–Crippen LogP) is 4.21. The van der Waals surface area contributed by atoms with Crippen LogP contribution in [-0.2, 0) is 4.79 Å². The second kappa shape index (κ2) is 10.3. The number of rotatable bonds is 5. The zero-order valence-corrected chi connectivity index (χ0v) is 17.7. The number of carbonyl (C=O) groups is 1. The van der Waals surface area contributed by atoms with Crippen LogP contribution in [0.15, 0.2) is 48.1 Å². The predicted molar refractivity (Wildman–Crippen MR) is 118 cm³/mol. The van der Waals surface area contributed by atoms with E-state index in [2.05, 4.69) is 35.4 Å². The van der Waals surface area contributed by atoms with Crippen molar-refractivity contribution in [1.82, 2.24) is 10.2 Å². The van der Waals surface area contributed by atoms with Gasteiger partial charge in [0, 0.05) is 38.3 Å². The summed E-state index contributed by atoms with van der Waals surface area (Å²) >= 11 is 5.58. The molecule has 4 nitrogen and oxygen atoms in total. The molecular formula is C22H31N3OS. The molecule has 1 heterocycles. The van der Waals surface area contributed by atoms with Crippen LogP contribution in [-0.4, -0.2) is 41.6 Å². The molecular weight excluding hydrogens is 354 g/mol. The first kappa shape index (κ1) is 21.2. The smallest absolute Gasteiger partial charge is 0.224 e. The van der Waals surface area contributed by atoms with E-state index >= 15 is 0 Å². The Morgan fingerprint density at radius 3 is 2.52 bits per heavy atom. The van der Waals surface area contributed by atoms with Crippen LogP contribution in [0.3, 0.4) is 0 Å². The first-order valence-corrected chi connectivity index (χ1v) is 10.0. The molecule has 0 atom stereocenters. The van der Waals surface area contributed by atoms with Crippen LogP contribution < -0.4 is 10.2 Å². The van der Waals surface area contributed by atoms with Crippen LogP contribution in [0.5, 0.6) is 0 Å². The molecule has 1 aliphatic rings. The fourth-order valence-corrected chi connectivity index (χ4v) is 3.80. The van der Waals surface area contributed by atoms with Crippen LogP contribution in [0.25, 0.3) is 0 Å². The van der Waals surface area contributed by atoms with E-state index in [4.69, 9.17) is 12.2 Å². The number of hydrogen-bond acceptors (Lipinski definition) is 2. The monoisotopic (exact) mass is 385 g/mol. The van der Waals surface area contributed by atoms with Gasteiger partial charge in [0.15, 0.2) is 5.11 Å². The van der Waals surface area contributed by atoms with Gasteiger partial charge >= 0.3 is 0 Å². The zero-order chi connectivity index (χ0) is 19.8. The normalized spacial score (nSPS) is 15.9. The Morgan fingerprint density at radius 1 is 1.30 bits per heavy atom. The number of allylic oxidation sites excluding steroid dienone is 2. The summed E-state index contributed by atoms with van der Waals surface area (Å²) in [7, 11) is 0. The number of nitrogens with zero attached hydrogens (tertiary/aromatic N) is 2. The maximum atomic E-state index is 12.3. The van der Waals surface area contributed by atoms with Gasteiger partial charge in [-0.2, -0.15) is 0 Å². The summed E-state index contributed by atoms with van der Waals surface area (Å²) in [5.74, 6) is 0.104. The van der Waals surface area contributed by atoms with Crippen LogP contribution in [0.1, 0.15) is 39.2 Å². The molecule has 2 rings (SSSR count). The van der Waals surface area contributed by atoms with E-state index in [1.807, 2.05) is 43.0 Å². The van der Waals surface area contributed by atoms with Crippen molar-refractivity contribution in [2.75, 3.05) is 24.5 Å². The third-order valence-electron chi connectivity index (χ3n) is 5.03. The average Bonchev–Trinajstić information content (AvgIpc) is 2.67. The molecule has 0 aromatic heterocycles. The highest BCUT2D eigenvalue weighted by Gasteiger charge is 2.28. The van der Waals surface area contributed by atoms with Crippen molar-refractivity contribution >= 4 is 28.9 Å². The highest BCUT2D eigenvalue weighted by Crippen LogP contribution is 2.26. The maximum absolute atomic E-state index is 12.3. The van der Waals surface area contributed by atoms with Crippen molar-refractivity contribution in [2.24, 2.45) is 0 Å². The molecule has 1 aromatic rings. The number of amides is 1. The summed E-state index contributed by atoms with van der Waals surface area (Å²) in [6, 6.07) is 8.32. The average molecular weight is 386 g/mol. The molecule has 146 valence electrons. The van der Waals surface area contributed by atoms with Crippen molar-refractivity contribution in [1.29, 1.82) is 0 Å². The summed E-state index contributed by atoms with van der Waals surface area (Å²) < 4.78 is 0. The number of thiocarbonyl (C=S) groups is 1. The van der Waals surface area contributed by atoms with E-state index in [9.17, 15) is 4.79 Å². The fourth-order valence-electron chi connectivity index (χ4n) is 3.55. The Labute approximate surface area is 168 Å². The van der Waals surface area contributed by atoms with E-state index in [1.54, 1.807) is 6.92 Å². The number of hydrogen-bond donors (Lipinski definition) is 1. The lowest BCUT2D eigenvalue weighted by atomic mass is 10.0. The Kier molecular flexibility index (Phi) is 8.04.